The van der Waals surface area contributed by atoms with Gasteiger partial charge >= 0.3 is 6.18 Å². The van der Waals surface area contributed by atoms with E-state index in [2.05, 4.69) is 6.07 Å². The summed E-state index contributed by atoms with van der Waals surface area (Å²) in [7, 11) is 0. The Labute approximate surface area is 99.7 Å². The van der Waals surface area contributed by atoms with E-state index < -0.39 is 34.5 Å². The molecule has 5 heteroatoms. The standard InChI is InChI=1S/C13H6F5/c14-8-5-6-12(15)10(7-8)9-3-1-2-4-11(9)13(16,17)18/h1-2,4-7H. The molecule has 0 aliphatic rings. The predicted molar refractivity (Wildman–Crippen MR) is 55.6 cm³/mol. The average molecular weight is 257 g/mol. The molecule has 2 aromatic carbocycles. The van der Waals surface area contributed by atoms with Crippen LogP contribution in [0.15, 0.2) is 36.4 Å². The zero-order valence-electron chi connectivity index (χ0n) is 8.85. The second kappa shape index (κ2) is 4.40. The third-order valence-electron chi connectivity index (χ3n) is 2.36. The lowest BCUT2D eigenvalue weighted by Gasteiger charge is -2.12. The van der Waals surface area contributed by atoms with Crippen molar-refractivity contribution in [2.24, 2.45) is 0 Å². The van der Waals surface area contributed by atoms with E-state index in [-0.39, 0.29) is 0 Å². The summed E-state index contributed by atoms with van der Waals surface area (Å²) in [5.74, 6) is -1.74. The maximum atomic E-state index is 13.5. The lowest BCUT2D eigenvalue weighted by molar-refractivity contribution is -0.137. The van der Waals surface area contributed by atoms with Gasteiger partial charge in [-0.15, -0.1) is 0 Å². The SMILES string of the molecule is Fc1ccc(F)c(-c2[c]cccc2C(F)(F)F)c1. The normalized spacial score (nSPS) is 11.6. The van der Waals surface area contributed by atoms with E-state index in [1.807, 2.05) is 0 Å². The molecule has 1 radical (unpaired) electrons. The van der Waals surface area contributed by atoms with Crippen LogP contribution in [-0.4, -0.2) is 0 Å². The van der Waals surface area contributed by atoms with E-state index in [9.17, 15) is 22.0 Å². The molecule has 0 unspecified atom stereocenters. The molecular formula is C13H6F5. The van der Waals surface area contributed by atoms with Crippen LogP contribution in [0.25, 0.3) is 11.1 Å². The number of alkyl halides is 3. The van der Waals surface area contributed by atoms with E-state index in [1.165, 1.54) is 6.07 Å². The molecule has 0 atom stereocenters. The van der Waals surface area contributed by atoms with Gasteiger partial charge in [0.1, 0.15) is 11.6 Å². The van der Waals surface area contributed by atoms with Crippen molar-refractivity contribution in [2.75, 3.05) is 0 Å². The smallest absolute Gasteiger partial charge is 0.207 e. The van der Waals surface area contributed by atoms with Crippen LogP contribution in [0.3, 0.4) is 0 Å². The van der Waals surface area contributed by atoms with Crippen LogP contribution < -0.4 is 0 Å². The van der Waals surface area contributed by atoms with E-state index >= 15 is 0 Å². The Bertz CT molecular complexity index is 572. The summed E-state index contributed by atoms with van der Waals surface area (Å²) in [6.45, 7) is 0. The highest BCUT2D eigenvalue weighted by Gasteiger charge is 2.34. The quantitative estimate of drug-likeness (QED) is 0.662. The molecule has 0 heterocycles. The largest absolute Gasteiger partial charge is 0.417 e. The minimum Gasteiger partial charge on any atom is -0.207 e. The molecule has 0 nitrogen and oxygen atoms in total. The van der Waals surface area contributed by atoms with Gasteiger partial charge in [-0.2, -0.15) is 13.2 Å². The molecule has 0 bridgehead atoms. The van der Waals surface area contributed by atoms with Gasteiger partial charge in [-0.1, -0.05) is 12.1 Å². The number of halogens is 5. The molecule has 0 saturated carbocycles. The lowest BCUT2D eigenvalue weighted by Crippen LogP contribution is -2.07. The van der Waals surface area contributed by atoms with Crippen LogP contribution in [0.5, 0.6) is 0 Å². The molecule has 0 aromatic heterocycles. The van der Waals surface area contributed by atoms with Gasteiger partial charge in [0.05, 0.1) is 5.56 Å². The molecule has 2 aromatic rings. The topological polar surface area (TPSA) is 0 Å². The fourth-order valence-electron chi connectivity index (χ4n) is 1.59. The predicted octanol–water partition coefficient (Wildman–Crippen LogP) is 4.45. The van der Waals surface area contributed by atoms with Gasteiger partial charge in [-0.25, -0.2) is 8.78 Å². The maximum absolute atomic E-state index is 13.5. The molecule has 0 spiro atoms. The van der Waals surface area contributed by atoms with Crippen LogP contribution in [0.2, 0.25) is 0 Å². The van der Waals surface area contributed by atoms with Crippen molar-refractivity contribution in [2.45, 2.75) is 6.18 Å². The second-order valence-corrected chi connectivity index (χ2v) is 3.58. The number of hydrogen-bond donors (Lipinski definition) is 0. The third-order valence-corrected chi connectivity index (χ3v) is 2.36. The van der Waals surface area contributed by atoms with Gasteiger partial charge in [0.15, 0.2) is 0 Å². The summed E-state index contributed by atoms with van der Waals surface area (Å²) in [5.41, 5.74) is -2.00. The Morgan fingerprint density at radius 2 is 1.72 bits per heavy atom. The summed E-state index contributed by atoms with van der Waals surface area (Å²) in [5, 5.41) is 0. The highest BCUT2D eigenvalue weighted by molar-refractivity contribution is 5.68. The lowest BCUT2D eigenvalue weighted by atomic mass is 9.99. The average Bonchev–Trinajstić information content (AvgIpc) is 2.31. The summed E-state index contributed by atoms with van der Waals surface area (Å²) in [6, 6.07) is 7.81. The molecule has 0 N–H and O–H groups in total. The minimum atomic E-state index is -4.65. The highest BCUT2D eigenvalue weighted by atomic mass is 19.4. The zero-order valence-corrected chi connectivity index (χ0v) is 8.85. The van der Waals surface area contributed by atoms with E-state index in [4.69, 9.17) is 0 Å². The third kappa shape index (κ3) is 2.34. The van der Waals surface area contributed by atoms with Crippen LogP contribution in [0.1, 0.15) is 5.56 Å². The Balaban J connectivity index is 2.68. The fourth-order valence-corrected chi connectivity index (χ4v) is 1.59. The van der Waals surface area contributed by atoms with Crippen LogP contribution in [0, 0.1) is 17.7 Å². The Morgan fingerprint density at radius 1 is 1.00 bits per heavy atom. The monoisotopic (exact) mass is 257 g/mol. The summed E-state index contributed by atoms with van der Waals surface area (Å²) in [4.78, 5) is 0. The Hall–Kier alpha value is -1.91. The van der Waals surface area contributed by atoms with Crippen molar-refractivity contribution < 1.29 is 22.0 Å². The first-order valence-corrected chi connectivity index (χ1v) is 4.93. The van der Waals surface area contributed by atoms with Crippen LogP contribution in [0.4, 0.5) is 22.0 Å². The summed E-state index contributed by atoms with van der Waals surface area (Å²) >= 11 is 0. The molecule has 0 amide bonds. The maximum Gasteiger partial charge on any atom is 0.417 e. The molecule has 0 aliphatic carbocycles. The van der Waals surface area contributed by atoms with Crippen molar-refractivity contribution >= 4 is 0 Å². The highest BCUT2D eigenvalue weighted by Crippen LogP contribution is 2.37. The molecule has 18 heavy (non-hydrogen) atoms. The van der Waals surface area contributed by atoms with E-state index in [0.717, 1.165) is 30.3 Å². The first-order valence-electron chi connectivity index (χ1n) is 4.93. The summed E-state index contributed by atoms with van der Waals surface area (Å²) < 4.78 is 64.7. The van der Waals surface area contributed by atoms with Gasteiger partial charge in [-0.3, -0.25) is 0 Å². The molecule has 93 valence electrons. The first-order chi connectivity index (χ1) is 8.39. The Morgan fingerprint density at radius 3 is 2.39 bits per heavy atom. The van der Waals surface area contributed by atoms with Crippen molar-refractivity contribution in [3.8, 4) is 11.1 Å². The number of hydrogen-bond acceptors (Lipinski definition) is 0. The minimum absolute atomic E-state index is 0.456. The molecular weight excluding hydrogens is 251 g/mol. The summed E-state index contributed by atoms with van der Waals surface area (Å²) in [6.07, 6.45) is -4.65. The van der Waals surface area contributed by atoms with Crippen LogP contribution in [-0.2, 0) is 6.18 Å². The van der Waals surface area contributed by atoms with E-state index in [1.54, 1.807) is 0 Å². The molecule has 0 aliphatic heterocycles. The van der Waals surface area contributed by atoms with Gasteiger partial charge in [-0.05, 0) is 30.3 Å². The number of rotatable bonds is 1. The molecule has 2 rings (SSSR count). The molecule has 0 fully saturated rings. The van der Waals surface area contributed by atoms with Crippen LogP contribution >= 0.6 is 0 Å². The van der Waals surface area contributed by atoms with Gasteiger partial charge in [0.2, 0.25) is 0 Å². The van der Waals surface area contributed by atoms with Crippen molar-refractivity contribution in [3.05, 3.63) is 59.7 Å². The van der Waals surface area contributed by atoms with Crippen molar-refractivity contribution in [3.63, 3.8) is 0 Å². The van der Waals surface area contributed by atoms with Crippen molar-refractivity contribution in [1.82, 2.24) is 0 Å². The van der Waals surface area contributed by atoms with Gasteiger partial charge in [0, 0.05) is 11.1 Å². The van der Waals surface area contributed by atoms with Gasteiger partial charge in [0.25, 0.3) is 0 Å². The van der Waals surface area contributed by atoms with E-state index in [0.29, 0.717) is 0 Å². The Kier molecular flexibility index (Phi) is 3.07. The zero-order chi connectivity index (χ0) is 13.3. The first kappa shape index (κ1) is 12.5. The number of benzene rings is 2. The van der Waals surface area contributed by atoms with Gasteiger partial charge < -0.3 is 0 Å². The van der Waals surface area contributed by atoms with Crippen molar-refractivity contribution in [1.29, 1.82) is 0 Å². The molecule has 0 saturated heterocycles. The second-order valence-electron chi connectivity index (χ2n) is 3.58. The fraction of sp³-hybridized carbons (Fsp3) is 0.0769.